The Morgan fingerprint density at radius 2 is 1.68 bits per heavy atom. The molecule has 0 fully saturated rings. The molecule has 0 aliphatic heterocycles. The van der Waals surface area contributed by atoms with Crippen LogP contribution in [0.5, 0.6) is 0 Å². The van der Waals surface area contributed by atoms with Crippen LogP contribution in [0, 0.1) is 0 Å². The van der Waals surface area contributed by atoms with Gasteiger partial charge < -0.3 is 10.6 Å². The molecule has 3 aromatic rings. The van der Waals surface area contributed by atoms with E-state index in [1.165, 1.54) is 18.7 Å². The van der Waals surface area contributed by atoms with Crippen LogP contribution >= 0.6 is 11.8 Å². The van der Waals surface area contributed by atoms with E-state index in [1.807, 2.05) is 42.5 Å². The lowest BCUT2D eigenvalue weighted by Gasteiger charge is -2.07. The molecule has 1 amide bonds. The van der Waals surface area contributed by atoms with Crippen LogP contribution in [0.1, 0.15) is 22.8 Å². The molecule has 0 spiro atoms. The summed E-state index contributed by atoms with van der Waals surface area (Å²) >= 11 is 1.31. The van der Waals surface area contributed by atoms with E-state index in [1.54, 1.807) is 24.3 Å². The van der Waals surface area contributed by atoms with Gasteiger partial charge in [-0.25, -0.2) is 0 Å². The van der Waals surface area contributed by atoms with E-state index >= 15 is 0 Å². The fourth-order valence-electron chi connectivity index (χ4n) is 2.40. The molecule has 0 atom stereocenters. The SMILES string of the molecule is CC(=O)c1ccc(NC(=O)CSc2ccc(NCc3ccccc3)nn2)cc1. The summed E-state index contributed by atoms with van der Waals surface area (Å²) in [5.74, 6) is 0.755. The van der Waals surface area contributed by atoms with Crippen molar-refractivity contribution in [3.8, 4) is 0 Å². The minimum Gasteiger partial charge on any atom is -0.365 e. The van der Waals surface area contributed by atoms with Crippen molar-refractivity contribution < 1.29 is 9.59 Å². The second-order valence-electron chi connectivity index (χ2n) is 6.07. The van der Waals surface area contributed by atoms with Crippen molar-refractivity contribution in [2.45, 2.75) is 18.5 Å². The maximum absolute atomic E-state index is 12.1. The van der Waals surface area contributed by atoms with Gasteiger partial charge in [-0.1, -0.05) is 42.1 Å². The first-order valence-corrected chi connectivity index (χ1v) is 9.74. The smallest absolute Gasteiger partial charge is 0.234 e. The number of anilines is 2. The van der Waals surface area contributed by atoms with Crippen LogP contribution in [-0.2, 0) is 11.3 Å². The highest BCUT2D eigenvalue weighted by atomic mass is 32.2. The Kier molecular flexibility index (Phi) is 6.75. The van der Waals surface area contributed by atoms with Crippen LogP contribution in [0.25, 0.3) is 0 Å². The number of carbonyl (C=O) groups excluding carboxylic acids is 2. The average Bonchev–Trinajstić information content (AvgIpc) is 2.72. The number of thioether (sulfide) groups is 1. The standard InChI is InChI=1S/C21H20N4O2S/c1-15(26)17-7-9-18(10-8-17)23-20(27)14-28-21-12-11-19(24-25-21)22-13-16-5-3-2-4-6-16/h2-12H,13-14H2,1H3,(H,22,24)(H,23,27). The first kappa shape index (κ1) is 19.6. The summed E-state index contributed by atoms with van der Waals surface area (Å²) in [5, 5.41) is 15.0. The van der Waals surface area contributed by atoms with Crippen LogP contribution in [0.4, 0.5) is 11.5 Å². The summed E-state index contributed by atoms with van der Waals surface area (Å²) in [4.78, 5) is 23.3. The molecule has 0 saturated heterocycles. The third-order valence-corrected chi connectivity index (χ3v) is 4.80. The van der Waals surface area contributed by atoms with Gasteiger partial charge in [0.2, 0.25) is 5.91 Å². The molecular formula is C21H20N4O2S. The van der Waals surface area contributed by atoms with Crippen LogP contribution in [-0.4, -0.2) is 27.6 Å². The molecule has 0 radical (unpaired) electrons. The molecule has 1 aromatic heterocycles. The maximum atomic E-state index is 12.1. The molecule has 142 valence electrons. The van der Waals surface area contributed by atoms with Crippen molar-refractivity contribution in [2.75, 3.05) is 16.4 Å². The fraction of sp³-hybridized carbons (Fsp3) is 0.143. The molecule has 28 heavy (non-hydrogen) atoms. The zero-order valence-electron chi connectivity index (χ0n) is 15.4. The van der Waals surface area contributed by atoms with E-state index in [9.17, 15) is 9.59 Å². The summed E-state index contributed by atoms with van der Waals surface area (Å²) in [6.07, 6.45) is 0. The monoisotopic (exact) mass is 392 g/mol. The van der Waals surface area contributed by atoms with Crippen LogP contribution < -0.4 is 10.6 Å². The maximum Gasteiger partial charge on any atom is 0.234 e. The summed E-state index contributed by atoms with van der Waals surface area (Å²) in [6.45, 7) is 2.18. The topological polar surface area (TPSA) is 84.0 Å². The second-order valence-corrected chi connectivity index (χ2v) is 7.06. The van der Waals surface area contributed by atoms with E-state index < -0.39 is 0 Å². The van der Waals surface area contributed by atoms with Gasteiger partial charge in [0, 0.05) is 17.8 Å². The van der Waals surface area contributed by atoms with Gasteiger partial charge in [-0.2, -0.15) is 0 Å². The van der Waals surface area contributed by atoms with Gasteiger partial charge in [-0.3, -0.25) is 9.59 Å². The minimum absolute atomic E-state index is 0.00582. The van der Waals surface area contributed by atoms with E-state index in [0.29, 0.717) is 28.6 Å². The summed E-state index contributed by atoms with van der Waals surface area (Å²) in [6, 6.07) is 20.5. The normalized spacial score (nSPS) is 10.3. The average molecular weight is 392 g/mol. The minimum atomic E-state index is -0.145. The van der Waals surface area contributed by atoms with Crippen molar-refractivity contribution in [3.05, 3.63) is 77.9 Å². The molecule has 0 bridgehead atoms. The summed E-state index contributed by atoms with van der Waals surface area (Å²) in [7, 11) is 0. The van der Waals surface area contributed by atoms with Crippen molar-refractivity contribution in [1.82, 2.24) is 10.2 Å². The summed E-state index contributed by atoms with van der Waals surface area (Å²) in [5.41, 5.74) is 2.43. The zero-order chi connectivity index (χ0) is 19.8. The molecule has 0 saturated carbocycles. The van der Waals surface area contributed by atoms with E-state index in [4.69, 9.17) is 0 Å². The number of carbonyl (C=O) groups is 2. The van der Waals surface area contributed by atoms with Gasteiger partial charge in [0.15, 0.2) is 5.78 Å². The Balaban J connectivity index is 1.45. The third kappa shape index (κ3) is 5.92. The molecular weight excluding hydrogens is 372 g/mol. The van der Waals surface area contributed by atoms with Crippen LogP contribution in [0.15, 0.2) is 71.8 Å². The Morgan fingerprint density at radius 3 is 2.32 bits per heavy atom. The van der Waals surface area contributed by atoms with Crippen molar-refractivity contribution in [2.24, 2.45) is 0 Å². The quantitative estimate of drug-likeness (QED) is 0.445. The number of hydrogen-bond donors (Lipinski definition) is 2. The van der Waals surface area contributed by atoms with Crippen LogP contribution in [0.2, 0.25) is 0 Å². The lowest BCUT2D eigenvalue weighted by Crippen LogP contribution is -2.14. The molecule has 2 aromatic carbocycles. The molecule has 2 N–H and O–H groups in total. The number of Topliss-reactive ketones (excluding diaryl/α,β-unsaturated/α-hetero) is 1. The molecule has 0 aliphatic carbocycles. The van der Waals surface area contributed by atoms with Gasteiger partial charge in [-0.15, -0.1) is 10.2 Å². The number of aromatic nitrogens is 2. The van der Waals surface area contributed by atoms with Crippen molar-refractivity contribution in [3.63, 3.8) is 0 Å². The number of nitrogens with one attached hydrogen (secondary N) is 2. The molecule has 6 nitrogen and oxygen atoms in total. The molecule has 3 rings (SSSR count). The molecule has 0 unspecified atom stereocenters. The zero-order valence-corrected chi connectivity index (χ0v) is 16.2. The lowest BCUT2D eigenvalue weighted by molar-refractivity contribution is -0.113. The molecule has 7 heteroatoms. The van der Waals surface area contributed by atoms with Crippen LogP contribution in [0.3, 0.4) is 0 Å². The molecule has 0 aliphatic rings. The number of benzene rings is 2. The molecule has 1 heterocycles. The van der Waals surface area contributed by atoms with Gasteiger partial charge in [0.1, 0.15) is 10.8 Å². The fourth-order valence-corrected chi connectivity index (χ4v) is 3.02. The van der Waals surface area contributed by atoms with Gasteiger partial charge >= 0.3 is 0 Å². The lowest BCUT2D eigenvalue weighted by atomic mass is 10.1. The highest BCUT2D eigenvalue weighted by molar-refractivity contribution is 7.99. The summed E-state index contributed by atoms with van der Waals surface area (Å²) < 4.78 is 0. The number of hydrogen-bond acceptors (Lipinski definition) is 6. The predicted octanol–water partition coefficient (Wildman–Crippen LogP) is 4.02. The predicted molar refractivity (Wildman–Crippen MR) is 112 cm³/mol. The largest absolute Gasteiger partial charge is 0.365 e. The first-order valence-electron chi connectivity index (χ1n) is 8.75. The first-order chi connectivity index (χ1) is 13.6. The Morgan fingerprint density at radius 1 is 0.929 bits per heavy atom. The number of amides is 1. The van der Waals surface area contributed by atoms with Gasteiger partial charge in [0.25, 0.3) is 0 Å². The highest BCUT2D eigenvalue weighted by Crippen LogP contribution is 2.17. The Labute approximate surface area is 167 Å². The number of rotatable bonds is 8. The van der Waals surface area contributed by atoms with E-state index in [0.717, 1.165) is 5.56 Å². The van der Waals surface area contributed by atoms with E-state index in [-0.39, 0.29) is 17.4 Å². The number of ketones is 1. The Hall–Kier alpha value is -3.19. The number of nitrogens with zero attached hydrogens (tertiary/aromatic N) is 2. The van der Waals surface area contributed by atoms with Gasteiger partial charge in [-0.05, 0) is 48.9 Å². The second kappa shape index (κ2) is 9.66. The van der Waals surface area contributed by atoms with Crippen molar-refractivity contribution in [1.29, 1.82) is 0 Å². The Bertz CT molecular complexity index is 929. The third-order valence-electron chi connectivity index (χ3n) is 3.88. The van der Waals surface area contributed by atoms with Gasteiger partial charge in [0.05, 0.1) is 5.75 Å². The van der Waals surface area contributed by atoms with Crippen molar-refractivity contribution >= 4 is 35.0 Å². The highest BCUT2D eigenvalue weighted by Gasteiger charge is 2.06. The van der Waals surface area contributed by atoms with E-state index in [2.05, 4.69) is 20.8 Å².